The average molecular weight is 417 g/mol. The lowest BCUT2D eigenvalue weighted by molar-refractivity contribution is 0.0947. The van der Waals surface area contributed by atoms with Crippen molar-refractivity contribution in [2.24, 2.45) is 7.05 Å². The number of pyridine rings is 1. The molecule has 0 radical (unpaired) electrons. The summed E-state index contributed by atoms with van der Waals surface area (Å²) >= 11 is 0. The lowest BCUT2D eigenvalue weighted by Crippen LogP contribution is -2.37. The summed E-state index contributed by atoms with van der Waals surface area (Å²) in [4.78, 5) is 18.0. The van der Waals surface area contributed by atoms with Crippen LogP contribution in [0.25, 0.3) is 22.2 Å². The monoisotopic (exact) mass is 416 g/mol. The summed E-state index contributed by atoms with van der Waals surface area (Å²) < 4.78 is 16.0. The number of carbonyl (C=O) groups excluding carboxylic acids is 1. The smallest absolute Gasteiger partial charge is 0.252 e. The molecule has 4 rings (SSSR count). The highest BCUT2D eigenvalue weighted by Gasteiger charge is 2.25. The maximum absolute atomic E-state index is 14.3. The van der Waals surface area contributed by atoms with Crippen molar-refractivity contribution in [3.63, 3.8) is 0 Å². The van der Waals surface area contributed by atoms with Crippen molar-refractivity contribution in [1.82, 2.24) is 20.1 Å². The van der Waals surface area contributed by atoms with E-state index < -0.39 is 5.41 Å². The number of aryl methyl sites for hydroxylation is 2. The van der Waals surface area contributed by atoms with E-state index >= 15 is 0 Å². The van der Waals surface area contributed by atoms with Crippen molar-refractivity contribution in [3.05, 3.63) is 83.4 Å². The van der Waals surface area contributed by atoms with E-state index in [-0.39, 0.29) is 11.7 Å². The van der Waals surface area contributed by atoms with Gasteiger partial charge in [-0.2, -0.15) is 5.10 Å². The highest BCUT2D eigenvalue weighted by molar-refractivity contribution is 6.07. The predicted molar refractivity (Wildman–Crippen MR) is 120 cm³/mol. The second kappa shape index (κ2) is 7.95. The summed E-state index contributed by atoms with van der Waals surface area (Å²) in [6.07, 6.45) is 1.90. The zero-order valence-electron chi connectivity index (χ0n) is 18.1. The molecule has 0 unspecified atom stereocenters. The average Bonchev–Trinajstić information content (AvgIpc) is 3.09. The second-order valence-corrected chi connectivity index (χ2v) is 8.42. The normalized spacial score (nSPS) is 11.6. The van der Waals surface area contributed by atoms with Gasteiger partial charge in [-0.05, 0) is 30.7 Å². The lowest BCUT2D eigenvalue weighted by Gasteiger charge is -2.26. The zero-order chi connectivity index (χ0) is 22.2. The molecule has 2 aromatic carbocycles. The van der Waals surface area contributed by atoms with Crippen LogP contribution in [0.5, 0.6) is 0 Å². The van der Waals surface area contributed by atoms with Crippen LogP contribution in [0.1, 0.15) is 35.5 Å². The molecule has 0 bridgehead atoms. The van der Waals surface area contributed by atoms with Gasteiger partial charge in [0.25, 0.3) is 5.91 Å². The van der Waals surface area contributed by atoms with Gasteiger partial charge >= 0.3 is 0 Å². The second-order valence-electron chi connectivity index (χ2n) is 8.42. The third-order valence-corrected chi connectivity index (χ3v) is 5.54. The Bertz CT molecular complexity index is 1280. The van der Waals surface area contributed by atoms with E-state index in [2.05, 4.69) is 10.4 Å². The molecule has 0 aliphatic carbocycles. The van der Waals surface area contributed by atoms with E-state index in [9.17, 15) is 9.18 Å². The zero-order valence-corrected chi connectivity index (χ0v) is 18.1. The highest BCUT2D eigenvalue weighted by atomic mass is 19.1. The minimum absolute atomic E-state index is 0.217. The summed E-state index contributed by atoms with van der Waals surface area (Å²) in [5.74, 6) is -0.490. The number of fused-ring (bicyclic) bond motifs is 1. The van der Waals surface area contributed by atoms with Gasteiger partial charge in [-0.1, -0.05) is 50.2 Å². The van der Waals surface area contributed by atoms with Crippen molar-refractivity contribution in [2.75, 3.05) is 6.54 Å². The number of halogens is 1. The number of rotatable bonds is 5. The Balaban J connectivity index is 1.69. The number of nitrogens with one attached hydrogen (secondary N) is 1. The van der Waals surface area contributed by atoms with Gasteiger partial charge < -0.3 is 5.32 Å². The van der Waals surface area contributed by atoms with Crippen LogP contribution in [0.15, 0.2) is 60.8 Å². The number of carbonyl (C=O) groups is 1. The molecule has 158 valence electrons. The van der Waals surface area contributed by atoms with Crippen molar-refractivity contribution in [3.8, 4) is 11.3 Å². The topological polar surface area (TPSA) is 59.8 Å². The molecule has 0 fully saturated rings. The molecule has 0 aliphatic rings. The molecule has 0 saturated carbocycles. The van der Waals surface area contributed by atoms with E-state index in [1.165, 1.54) is 6.07 Å². The van der Waals surface area contributed by atoms with E-state index in [4.69, 9.17) is 4.98 Å². The fourth-order valence-corrected chi connectivity index (χ4v) is 3.85. The number of aromatic nitrogens is 3. The van der Waals surface area contributed by atoms with Gasteiger partial charge in [0.2, 0.25) is 0 Å². The lowest BCUT2D eigenvalue weighted by atomic mass is 9.84. The molecule has 1 N–H and O–H groups in total. The maximum atomic E-state index is 14.3. The third kappa shape index (κ3) is 4.06. The van der Waals surface area contributed by atoms with Crippen LogP contribution in [0.3, 0.4) is 0 Å². The van der Waals surface area contributed by atoms with Gasteiger partial charge in [0.05, 0.1) is 22.5 Å². The van der Waals surface area contributed by atoms with Crippen LogP contribution in [-0.2, 0) is 12.5 Å². The largest absolute Gasteiger partial charge is 0.351 e. The molecule has 0 atom stereocenters. The quantitative estimate of drug-likeness (QED) is 0.509. The Labute approximate surface area is 180 Å². The summed E-state index contributed by atoms with van der Waals surface area (Å²) in [7, 11) is 1.86. The Hall–Kier alpha value is -3.54. The maximum Gasteiger partial charge on any atom is 0.252 e. The van der Waals surface area contributed by atoms with Gasteiger partial charge in [0.15, 0.2) is 0 Å². The van der Waals surface area contributed by atoms with Crippen molar-refractivity contribution < 1.29 is 9.18 Å². The molecule has 2 heterocycles. The number of hydrogen-bond acceptors (Lipinski definition) is 3. The van der Waals surface area contributed by atoms with Crippen molar-refractivity contribution >= 4 is 16.8 Å². The third-order valence-electron chi connectivity index (χ3n) is 5.54. The molecular formula is C25H25FN4O. The molecule has 2 aromatic heterocycles. The predicted octanol–water partition coefficient (Wildman–Crippen LogP) is 4.79. The molecule has 31 heavy (non-hydrogen) atoms. The highest BCUT2D eigenvalue weighted by Crippen LogP contribution is 2.28. The molecule has 4 aromatic rings. The van der Waals surface area contributed by atoms with Crippen LogP contribution < -0.4 is 5.32 Å². The van der Waals surface area contributed by atoms with Gasteiger partial charge in [0, 0.05) is 36.2 Å². The molecule has 0 saturated heterocycles. The minimum atomic E-state index is -0.563. The molecular weight excluding hydrogens is 391 g/mol. The van der Waals surface area contributed by atoms with Gasteiger partial charge in [-0.15, -0.1) is 0 Å². The summed E-state index contributed by atoms with van der Waals surface area (Å²) in [6.45, 7) is 6.05. The van der Waals surface area contributed by atoms with Gasteiger partial charge in [-0.25, -0.2) is 9.37 Å². The Morgan fingerprint density at radius 1 is 1.13 bits per heavy atom. The van der Waals surface area contributed by atoms with Crippen LogP contribution in [0.4, 0.5) is 4.39 Å². The van der Waals surface area contributed by atoms with E-state index in [1.54, 1.807) is 28.9 Å². The Morgan fingerprint density at radius 2 is 1.84 bits per heavy atom. The number of hydrogen-bond donors (Lipinski definition) is 1. The number of para-hydroxylation sites is 1. The first kappa shape index (κ1) is 20.7. The van der Waals surface area contributed by atoms with Crippen LogP contribution in [0, 0.1) is 12.7 Å². The Morgan fingerprint density at radius 3 is 2.55 bits per heavy atom. The molecule has 6 heteroatoms. The van der Waals surface area contributed by atoms with Crippen LogP contribution in [-0.4, -0.2) is 27.2 Å². The standard InChI is InChI=1S/C25H25FN4O/c1-16-19(14-30(4)29-16)23-13-18(17-9-5-8-12-22(17)28-23)24(31)27-15-25(2,3)20-10-6-7-11-21(20)26/h5-14H,15H2,1-4H3,(H,27,31). The van der Waals surface area contributed by atoms with E-state index in [1.807, 2.05) is 58.3 Å². The first-order valence-electron chi connectivity index (χ1n) is 10.2. The summed E-state index contributed by atoms with van der Waals surface area (Å²) in [5.41, 5.74) is 3.71. The fraction of sp³-hybridized carbons (Fsp3) is 0.240. The molecule has 0 aliphatic heterocycles. The minimum Gasteiger partial charge on any atom is -0.351 e. The van der Waals surface area contributed by atoms with Crippen molar-refractivity contribution in [1.29, 1.82) is 0 Å². The number of benzene rings is 2. The first-order chi connectivity index (χ1) is 14.8. The van der Waals surface area contributed by atoms with Gasteiger partial charge in [0.1, 0.15) is 5.82 Å². The number of amides is 1. The molecule has 0 spiro atoms. The SMILES string of the molecule is Cc1nn(C)cc1-c1cc(C(=O)NCC(C)(C)c2ccccc2F)c2ccccc2n1. The molecule has 5 nitrogen and oxygen atoms in total. The summed E-state index contributed by atoms with van der Waals surface area (Å²) in [5, 5.41) is 8.17. The summed E-state index contributed by atoms with van der Waals surface area (Å²) in [6, 6.07) is 16.0. The van der Waals surface area contributed by atoms with Gasteiger partial charge in [-0.3, -0.25) is 9.48 Å². The van der Waals surface area contributed by atoms with E-state index in [0.29, 0.717) is 23.4 Å². The van der Waals surface area contributed by atoms with E-state index in [0.717, 1.165) is 22.2 Å². The number of nitrogens with zero attached hydrogens (tertiary/aromatic N) is 3. The van der Waals surface area contributed by atoms with Crippen LogP contribution in [0.2, 0.25) is 0 Å². The van der Waals surface area contributed by atoms with Crippen LogP contribution >= 0.6 is 0 Å². The van der Waals surface area contributed by atoms with Crippen molar-refractivity contribution in [2.45, 2.75) is 26.2 Å². The molecule has 1 amide bonds. The first-order valence-corrected chi connectivity index (χ1v) is 10.2. The Kier molecular flexibility index (Phi) is 5.31. The fourth-order valence-electron chi connectivity index (χ4n) is 3.85.